The standard InChI is InChI=1S/C35H45N3O6/c1-6-7-8-12-23-38(33(41)30(24-25-13-10-9-11-14-25)37-34(42)44-35(2,3)4)31(26-15-19-28(39)20-16-26)32(40)36-27-17-21-29(43-5)22-18-27/h9-11,13-22,30-31,39H,6-8,12,23-24H2,1-5H3,(H,36,40)(H,37,42). The summed E-state index contributed by atoms with van der Waals surface area (Å²) in [5.74, 6) is -0.167. The third kappa shape index (κ3) is 10.6. The molecule has 3 aromatic carbocycles. The molecular formula is C35H45N3O6. The second kappa shape index (κ2) is 16.4. The van der Waals surface area contributed by atoms with Crippen LogP contribution in [-0.2, 0) is 20.7 Å². The topological polar surface area (TPSA) is 117 Å². The zero-order valence-electron chi connectivity index (χ0n) is 26.3. The molecule has 3 N–H and O–H groups in total. The Morgan fingerprint density at radius 3 is 2.14 bits per heavy atom. The van der Waals surface area contributed by atoms with Gasteiger partial charge in [0.15, 0.2) is 0 Å². The number of amides is 3. The van der Waals surface area contributed by atoms with Gasteiger partial charge in [0.2, 0.25) is 5.91 Å². The van der Waals surface area contributed by atoms with E-state index < -0.39 is 35.6 Å². The number of unbranched alkanes of at least 4 members (excludes halogenated alkanes) is 3. The van der Waals surface area contributed by atoms with Crippen molar-refractivity contribution in [2.75, 3.05) is 19.0 Å². The lowest BCUT2D eigenvalue weighted by molar-refractivity contribution is -0.140. The number of carbonyl (C=O) groups excluding carboxylic acids is 3. The summed E-state index contributed by atoms with van der Waals surface area (Å²) in [6, 6.07) is 20.5. The SMILES string of the molecule is CCCCCCN(C(=O)C(Cc1ccccc1)NC(=O)OC(C)(C)C)C(C(=O)Nc1ccc(OC)cc1)c1ccc(O)cc1. The minimum Gasteiger partial charge on any atom is -0.508 e. The maximum Gasteiger partial charge on any atom is 0.408 e. The first-order chi connectivity index (χ1) is 21.0. The van der Waals surface area contributed by atoms with Crippen molar-refractivity contribution in [1.29, 1.82) is 0 Å². The lowest BCUT2D eigenvalue weighted by Crippen LogP contribution is -2.53. The van der Waals surface area contributed by atoms with E-state index in [2.05, 4.69) is 17.6 Å². The minimum atomic E-state index is -1.05. The molecule has 9 nitrogen and oxygen atoms in total. The van der Waals surface area contributed by atoms with Crippen molar-refractivity contribution in [3.05, 3.63) is 90.0 Å². The number of hydrogen-bond acceptors (Lipinski definition) is 6. The van der Waals surface area contributed by atoms with Crippen molar-refractivity contribution >= 4 is 23.6 Å². The molecule has 0 aromatic heterocycles. The van der Waals surface area contributed by atoms with Crippen LogP contribution in [0.2, 0.25) is 0 Å². The summed E-state index contributed by atoms with van der Waals surface area (Å²) in [6.07, 6.45) is 2.99. The van der Waals surface area contributed by atoms with Crippen molar-refractivity contribution in [3.8, 4) is 11.5 Å². The Hall–Kier alpha value is -4.53. The van der Waals surface area contributed by atoms with Gasteiger partial charge in [0, 0.05) is 18.7 Å². The van der Waals surface area contributed by atoms with E-state index >= 15 is 0 Å². The maximum absolute atomic E-state index is 14.5. The molecule has 9 heteroatoms. The molecule has 0 radical (unpaired) electrons. The summed E-state index contributed by atoms with van der Waals surface area (Å²) in [5.41, 5.74) is 1.13. The normalized spacial score (nSPS) is 12.5. The Labute approximate surface area is 260 Å². The number of alkyl carbamates (subject to hydrolysis) is 1. The Balaban J connectivity index is 2.04. The number of ether oxygens (including phenoxy) is 2. The molecule has 3 aromatic rings. The summed E-state index contributed by atoms with van der Waals surface area (Å²) in [5, 5.41) is 15.7. The first-order valence-electron chi connectivity index (χ1n) is 15.1. The van der Waals surface area contributed by atoms with Crippen LogP contribution in [0.15, 0.2) is 78.9 Å². The van der Waals surface area contributed by atoms with E-state index in [1.807, 2.05) is 30.3 Å². The maximum atomic E-state index is 14.5. The summed E-state index contributed by atoms with van der Waals surface area (Å²) >= 11 is 0. The Kier molecular flexibility index (Phi) is 12.6. The highest BCUT2D eigenvalue weighted by Gasteiger charge is 2.36. The quantitative estimate of drug-likeness (QED) is 0.178. The van der Waals surface area contributed by atoms with Crippen LogP contribution in [0.5, 0.6) is 11.5 Å². The number of anilines is 1. The summed E-state index contributed by atoms with van der Waals surface area (Å²) in [4.78, 5) is 43.1. The highest BCUT2D eigenvalue weighted by atomic mass is 16.6. The number of benzene rings is 3. The summed E-state index contributed by atoms with van der Waals surface area (Å²) < 4.78 is 10.8. The molecule has 0 aliphatic carbocycles. The number of rotatable bonds is 14. The van der Waals surface area contributed by atoms with Crippen LogP contribution in [-0.4, -0.2) is 53.2 Å². The molecule has 0 aliphatic heterocycles. The number of carbonyl (C=O) groups is 3. The molecule has 0 saturated heterocycles. The third-order valence-electron chi connectivity index (χ3n) is 6.93. The second-order valence-electron chi connectivity index (χ2n) is 11.7. The summed E-state index contributed by atoms with van der Waals surface area (Å²) in [7, 11) is 1.56. The van der Waals surface area contributed by atoms with Crippen LogP contribution in [0.1, 0.15) is 70.5 Å². The first kappa shape index (κ1) is 34.0. The van der Waals surface area contributed by atoms with E-state index in [-0.39, 0.29) is 18.7 Å². The molecule has 236 valence electrons. The largest absolute Gasteiger partial charge is 0.508 e. The Bertz CT molecular complexity index is 1340. The molecule has 3 rings (SSSR count). The van der Waals surface area contributed by atoms with Crippen molar-refractivity contribution < 1.29 is 29.0 Å². The minimum absolute atomic E-state index is 0.0393. The number of methoxy groups -OCH3 is 1. The van der Waals surface area contributed by atoms with E-state index in [1.54, 1.807) is 64.3 Å². The molecule has 2 unspecified atom stereocenters. The fraction of sp³-hybridized carbons (Fsp3) is 0.400. The number of nitrogens with one attached hydrogen (secondary N) is 2. The molecular weight excluding hydrogens is 558 g/mol. The predicted octanol–water partition coefficient (Wildman–Crippen LogP) is 6.63. The number of phenols is 1. The molecule has 44 heavy (non-hydrogen) atoms. The molecule has 0 spiro atoms. The average molecular weight is 604 g/mol. The lowest BCUT2D eigenvalue weighted by atomic mass is 9.99. The van der Waals surface area contributed by atoms with Crippen molar-refractivity contribution in [2.45, 2.75) is 77.5 Å². The van der Waals surface area contributed by atoms with Gasteiger partial charge in [0.25, 0.3) is 5.91 Å². The molecule has 0 heterocycles. The molecule has 0 saturated carbocycles. The highest BCUT2D eigenvalue weighted by molar-refractivity contribution is 5.99. The fourth-order valence-corrected chi connectivity index (χ4v) is 4.79. The van der Waals surface area contributed by atoms with Gasteiger partial charge in [-0.3, -0.25) is 9.59 Å². The van der Waals surface area contributed by atoms with E-state index in [0.717, 1.165) is 24.8 Å². The number of phenolic OH excluding ortho intramolecular Hbond substituents is 1. The van der Waals surface area contributed by atoms with Crippen LogP contribution in [0.3, 0.4) is 0 Å². The number of nitrogens with zero attached hydrogens (tertiary/aromatic N) is 1. The monoisotopic (exact) mass is 603 g/mol. The fourth-order valence-electron chi connectivity index (χ4n) is 4.79. The molecule has 2 atom stereocenters. The number of hydrogen-bond donors (Lipinski definition) is 3. The van der Waals surface area contributed by atoms with E-state index in [0.29, 0.717) is 23.4 Å². The Morgan fingerprint density at radius 2 is 1.55 bits per heavy atom. The first-order valence-corrected chi connectivity index (χ1v) is 15.1. The second-order valence-corrected chi connectivity index (χ2v) is 11.7. The van der Waals surface area contributed by atoms with Gasteiger partial charge in [-0.25, -0.2) is 4.79 Å². The van der Waals surface area contributed by atoms with Crippen molar-refractivity contribution in [2.24, 2.45) is 0 Å². The molecule has 0 bridgehead atoms. The van der Waals surface area contributed by atoms with E-state index in [1.165, 1.54) is 17.0 Å². The van der Waals surface area contributed by atoms with Crippen LogP contribution in [0.4, 0.5) is 10.5 Å². The zero-order valence-corrected chi connectivity index (χ0v) is 26.3. The van der Waals surface area contributed by atoms with Gasteiger partial charge >= 0.3 is 6.09 Å². The van der Waals surface area contributed by atoms with Crippen LogP contribution in [0, 0.1) is 0 Å². The average Bonchev–Trinajstić information content (AvgIpc) is 2.98. The Morgan fingerprint density at radius 1 is 0.886 bits per heavy atom. The molecule has 0 fully saturated rings. The van der Waals surface area contributed by atoms with Crippen LogP contribution >= 0.6 is 0 Å². The van der Waals surface area contributed by atoms with Crippen LogP contribution < -0.4 is 15.4 Å². The van der Waals surface area contributed by atoms with Crippen molar-refractivity contribution in [1.82, 2.24) is 10.2 Å². The molecule has 3 amide bonds. The smallest absolute Gasteiger partial charge is 0.408 e. The van der Waals surface area contributed by atoms with E-state index in [4.69, 9.17) is 9.47 Å². The highest BCUT2D eigenvalue weighted by Crippen LogP contribution is 2.28. The zero-order chi connectivity index (χ0) is 32.1. The predicted molar refractivity (Wildman–Crippen MR) is 172 cm³/mol. The van der Waals surface area contributed by atoms with Crippen molar-refractivity contribution in [3.63, 3.8) is 0 Å². The van der Waals surface area contributed by atoms with Gasteiger partial charge < -0.3 is 30.1 Å². The van der Waals surface area contributed by atoms with Gasteiger partial charge in [-0.15, -0.1) is 0 Å². The molecule has 0 aliphatic rings. The number of aromatic hydroxyl groups is 1. The van der Waals surface area contributed by atoms with Gasteiger partial charge in [-0.2, -0.15) is 0 Å². The van der Waals surface area contributed by atoms with Gasteiger partial charge in [0.1, 0.15) is 29.2 Å². The lowest BCUT2D eigenvalue weighted by Gasteiger charge is -2.34. The van der Waals surface area contributed by atoms with Gasteiger partial charge in [-0.05, 0) is 74.7 Å². The third-order valence-corrected chi connectivity index (χ3v) is 6.93. The van der Waals surface area contributed by atoms with Gasteiger partial charge in [0.05, 0.1) is 7.11 Å². The van der Waals surface area contributed by atoms with E-state index in [9.17, 15) is 19.5 Å². The summed E-state index contributed by atoms with van der Waals surface area (Å²) in [6.45, 7) is 7.65. The van der Waals surface area contributed by atoms with Gasteiger partial charge in [-0.1, -0.05) is 68.7 Å². The van der Waals surface area contributed by atoms with Crippen LogP contribution in [0.25, 0.3) is 0 Å².